The van der Waals surface area contributed by atoms with Gasteiger partial charge in [0.1, 0.15) is 0 Å². The van der Waals surface area contributed by atoms with Crippen LogP contribution in [0.4, 0.5) is 0 Å². The molecule has 0 amide bonds. The summed E-state index contributed by atoms with van der Waals surface area (Å²) in [5, 5.41) is 7.57. The first kappa shape index (κ1) is 37.9. The smallest absolute Gasteiger partial charge is 0.0754 e. The lowest BCUT2D eigenvalue weighted by atomic mass is 9.65. The molecule has 14 aromatic rings. The molecule has 70 heavy (non-hydrogen) atoms. The summed E-state index contributed by atoms with van der Waals surface area (Å²) in [6.45, 7) is 0. The first-order valence-electron chi connectivity index (χ1n) is 24.3. The maximum absolute atomic E-state index is 2.58. The molecule has 0 N–H and O–H groups in total. The highest BCUT2D eigenvalue weighted by Crippen LogP contribution is 2.62. The summed E-state index contributed by atoms with van der Waals surface area (Å²) in [5.74, 6) is 0. The summed E-state index contributed by atoms with van der Waals surface area (Å²) in [6.07, 6.45) is 0. The van der Waals surface area contributed by atoms with Crippen LogP contribution in [0.3, 0.4) is 0 Å². The zero-order valence-corrected chi connectivity index (χ0v) is 38.0. The van der Waals surface area contributed by atoms with Crippen molar-refractivity contribution in [3.05, 3.63) is 271 Å². The Labute approximate surface area is 404 Å². The Morgan fingerprint density at radius 2 is 0.757 bits per heavy atom. The van der Waals surface area contributed by atoms with Crippen LogP contribution < -0.4 is 0 Å². The maximum atomic E-state index is 2.58. The normalized spacial score (nSPS) is 14.6. The Morgan fingerprint density at radius 1 is 0.243 bits per heavy atom. The molecule has 2 aliphatic rings. The van der Waals surface area contributed by atoms with E-state index in [4.69, 9.17) is 0 Å². The third-order valence-corrected chi connectivity index (χ3v) is 15.8. The number of para-hydroxylation sites is 7. The van der Waals surface area contributed by atoms with Crippen LogP contribution in [0.1, 0.15) is 22.3 Å². The minimum absolute atomic E-state index is 0.602. The summed E-state index contributed by atoms with van der Waals surface area (Å²) in [5.41, 5.74) is 22.8. The van der Waals surface area contributed by atoms with E-state index in [1.54, 1.807) is 0 Å². The summed E-state index contributed by atoms with van der Waals surface area (Å²) in [6, 6.07) is 93.1. The van der Waals surface area contributed by atoms with Gasteiger partial charge in [0, 0.05) is 43.6 Å². The lowest BCUT2D eigenvalue weighted by molar-refractivity contribution is 0.749. The molecule has 0 saturated heterocycles. The Hall–Kier alpha value is -9.18. The third-order valence-electron chi connectivity index (χ3n) is 15.8. The van der Waals surface area contributed by atoms with Crippen LogP contribution in [-0.2, 0) is 5.41 Å². The highest BCUT2D eigenvalue weighted by atomic mass is 15.0. The van der Waals surface area contributed by atoms with Gasteiger partial charge in [-0.15, -0.1) is 0 Å². The van der Waals surface area contributed by atoms with Gasteiger partial charge in [-0.3, -0.25) is 0 Å². The molecule has 1 unspecified atom stereocenters. The fourth-order valence-corrected chi connectivity index (χ4v) is 13.1. The van der Waals surface area contributed by atoms with E-state index in [1.807, 2.05) is 0 Å². The average Bonchev–Trinajstić information content (AvgIpc) is 4.15. The van der Waals surface area contributed by atoms with Gasteiger partial charge in [0.15, 0.2) is 0 Å². The minimum atomic E-state index is -0.602. The lowest BCUT2D eigenvalue weighted by Gasteiger charge is -2.40. The molecule has 11 aromatic carbocycles. The van der Waals surface area contributed by atoms with Crippen LogP contribution in [0.15, 0.2) is 249 Å². The number of fused-ring (bicyclic) bond motifs is 18. The molecule has 0 radical (unpaired) electrons. The predicted octanol–water partition coefficient (Wildman–Crippen LogP) is 17.0. The minimum Gasteiger partial charge on any atom is -0.309 e. The van der Waals surface area contributed by atoms with Gasteiger partial charge >= 0.3 is 0 Å². The van der Waals surface area contributed by atoms with Crippen LogP contribution >= 0.6 is 0 Å². The molecule has 1 aliphatic carbocycles. The van der Waals surface area contributed by atoms with Gasteiger partial charge in [-0.2, -0.15) is 0 Å². The molecule has 16 rings (SSSR count). The summed E-state index contributed by atoms with van der Waals surface area (Å²) in [4.78, 5) is 0. The topological polar surface area (TPSA) is 14.8 Å². The monoisotopic (exact) mass is 887 g/mol. The second-order valence-corrected chi connectivity index (χ2v) is 19.1. The van der Waals surface area contributed by atoms with E-state index in [2.05, 4.69) is 262 Å². The molecule has 0 fully saturated rings. The van der Waals surface area contributed by atoms with E-state index >= 15 is 0 Å². The van der Waals surface area contributed by atoms with Crippen molar-refractivity contribution in [3.8, 4) is 50.4 Å². The van der Waals surface area contributed by atoms with E-state index in [1.165, 1.54) is 127 Å². The van der Waals surface area contributed by atoms with Crippen LogP contribution in [0.25, 0.3) is 116 Å². The first-order chi connectivity index (χ1) is 34.8. The van der Waals surface area contributed by atoms with Gasteiger partial charge < -0.3 is 13.7 Å². The van der Waals surface area contributed by atoms with Crippen molar-refractivity contribution in [1.29, 1.82) is 0 Å². The SMILES string of the molecule is c1ccc(-n2c3ccccc3c3ccc(-c4ccc5c(c4)C4(c6ccccc6-5)c5ccc(-c6ccccc6-n6c7ccccc7c7ccccc76)cc5-n5c6ccccc6c6cccc4c65)cc32)cc1. The summed E-state index contributed by atoms with van der Waals surface area (Å²) < 4.78 is 7.46. The van der Waals surface area contributed by atoms with Crippen LogP contribution in [-0.4, -0.2) is 13.7 Å². The van der Waals surface area contributed by atoms with Crippen molar-refractivity contribution in [2.24, 2.45) is 0 Å². The fourth-order valence-electron chi connectivity index (χ4n) is 13.1. The van der Waals surface area contributed by atoms with Gasteiger partial charge in [-0.05, 0) is 111 Å². The van der Waals surface area contributed by atoms with Gasteiger partial charge in [0.2, 0.25) is 0 Å². The molecular formula is C67H41N3. The second-order valence-electron chi connectivity index (χ2n) is 19.1. The van der Waals surface area contributed by atoms with Gasteiger partial charge in [-0.25, -0.2) is 0 Å². The standard InChI is InChI=1S/C67H41N3/c1-2-17-45(18-3-1)68-60-29-12-6-23-51(60)53-37-34-43(40-64(53)68)42-33-36-48-47-20-4-10-26-55(47)67(58(48)39-42)56-38-35-44(41-65(56)70-63-32-15-9-24-52(63)54-25-16-27-57(67)66(54)70)46-19-5-11-28-59(46)69-61-30-13-7-21-49(61)50-22-8-14-31-62(50)69/h1-41H. The molecule has 0 saturated carbocycles. The van der Waals surface area contributed by atoms with E-state index < -0.39 is 5.41 Å². The van der Waals surface area contributed by atoms with Crippen molar-refractivity contribution in [2.75, 3.05) is 0 Å². The van der Waals surface area contributed by atoms with Gasteiger partial charge in [0.05, 0.1) is 49.9 Å². The average molecular weight is 888 g/mol. The van der Waals surface area contributed by atoms with Crippen molar-refractivity contribution in [3.63, 3.8) is 0 Å². The van der Waals surface area contributed by atoms with Gasteiger partial charge in [-0.1, -0.05) is 188 Å². The van der Waals surface area contributed by atoms with Crippen molar-refractivity contribution in [2.45, 2.75) is 5.41 Å². The van der Waals surface area contributed by atoms with E-state index in [0.717, 1.165) is 11.4 Å². The molecule has 4 heterocycles. The van der Waals surface area contributed by atoms with Crippen molar-refractivity contribution >= 4 is 65.4 Å². The molecule has 1 spiro atoms. The maximum Gasteiger partial charge on any atom is 0.0754 e. The molecule has 324 valence electrons. The molecule has 3 heteroatoms. The van der Waals surface area contributed by atoms with Crippen molar-refractivity contribution < 1.29 is 0 Å². The fraction of sp³-hybridized carbons (Fsp3) is 0.0149. The molecule has 1 atom stereocenters. The summed E-state index contributed by atoms with van der Waals surface area (Å²) >= 11 is 0. The molecular weight excluding hydrogens is 847 g/mol. The van der Waals surface area contributed by atoms with Crippen LogP contribution in [0, 0.1) is 0 Å². The van der Waals surface area contributed by atoms with E-state index in [0.29, 0.717) is 0 Å². The quantitative estimate of drug-likeness (QED) is 0.167. The highest BCUT2D eigenvalue weighted by molar-refractivity contribution is 6.14. The zero-order valence-electron chi connectivity index (χ0n) is 38.0. The largest absolute Gasteiger partial charge is 0.309 e. The predicted molar refractivity (Wildman–Crippen MR) is 291 cm³/mol. The summed E-state index contributed by atoms with van der Waals surface area (Å²) in [7, 11) is 0. The zero-order chi connectivity index (χ0) is 45.7. The molecule has 3 nitrogen and oxygen atoms in total. The van der Waals surface area contributed by atoms with E-state index in [9.17, 15) is 0 Å². The number of nitrogens with zero attached hydrogens (tertiary/aromatic N) is 3. The van der Waals surface area contributed by atoms with Crippen LogP contribution in [0.2, 0.25) is 0 Å². The Bertz CT molecular complexity index is 4490. The second kappa shape index (κ2) is 13.9. The Balaban J connectivity index is 0.977. The lowest BCUT2D eigenvalue weighted by Crippen LogP contribution is -2.33. The number of hydrogen-bond acceptors (Lipinski definition) is 0. The van der Waals surface area contributed by atoms with E-state index in [-0.39, 0.29) is 0 Å². The Morgan fingerprint density at radius 3 is 1.50 bits per heavy atom. The Kier molecular flexibility index (Phi) is 7.54. The number of benzene rings is 11. The van der Waals surface area contributed by atoms with Gasteiger partial charge in [0.25, 0.3) is 0 Å². The van der Waals surface area contributed by atoms with Crippen LogP contribution in [0.5, 0.6) is 0 Å². The molecule has 0 bridgehead atoms. The van der Waals surface area contributed by atoms with Crippen molar-refractivity contribution in [1.82, 2.24) is 13.7 Å². The molecule has 3 aromatic heterocycles. The molecule has 1 aliphatic heterocycles. The number of hydrogen-bond donors (Lipinski definition) is 0. The number of aromatic nitrogens is 3. The number of rotatable bonds is 4. The first-order valence-corrected chi connectivity index (χ1v) is 24.3. The third kappa shape index (κ3) is 4.83. The highest BCUT2D eigenvalue weighted by Gasteiger charge is 2.51.